The Bertz CT molecular complexity index is 554. The van der Waals surface area contributed by atoms with Crippen molar-refractivity contribution in [3.63, 3.8) is 0 Å². The van der Waals surface area contributed by atoms with Crippen LogP contribution in [0, 0.1) is 5.41 Å². The van der Waals surface area contributed by atoms with Gasteiger partial charge in [0.15, 0.2) is 0 Å². The number of hydrogen-bond donors (Lipinski definition) is 2. The van der Waals surface area contributed by atoms with Crippen molar-refractivity contribution in [1.82, 2.24) is 0 Å². The molecular formula is C39H78N2O2. The predicted molar refractivity (Wildman–Crippen MR) is 189 cm³/mol. The molecule has 0 unspecified atom stereocenters. The van der Waals surface area contributed by atoms with E-state index < -0.39 is 17.2 Å². The molecule has 2 amide bonds. The molecule has 0 radical (unpaired) electrons. The molecule has 4 nitrogen and oxygen atoms in total. The van der Waals surface area contributed by atoms with Gasteiger partial charge in [0.05, 0.1) is 0 Å². The molecule has 0 aliphatic heterocycles. The highest BCUT2D eigenvalue weighted by molar-refractivity contribution is 6.03. The second-order valence-electron chi connectivity index (χ2n) is 13.9. The lowest BCUT2D eigenvalue weighted by Crippen LogP contribution is -2.47. The normalized spacial score (nSPS) is 11.8. The smallest absolute Gasteiger partial charge is 0.233 e. The Morgan fingerprint density at radius 2 is 0.488 bits per heavy atom. The van der Waals surface area contributed by atoms with E-state index in [1.807, 2.05) is 0 Å². The first kappa shape index (κ1) is 41.9. The van der Waals surface area contributed by atoms with Crippen molar-refractivity contribution in [2.45, 2.75) is 232 Å². The van der Waals surface area contributed by atoms with E-state index in [0.29, 0.717) is 12.8 Å². The molecule has 0 aromatic heterocycles. The summed E-state index contributed by atoms with van der Waals surface area (Å²) in [5.74, 6) is -1.02. The summed E-state index contributed by atoms with van der Waals surface area (Å²) in [5.41, 5.74) is 10.4. The highest BCUT2D eigenvalue weighted by Gasteiger charge is 2.41. The van der Waals surface area contributed by atoms with Crippen LogP contribution in [0.3, 0.4) is 0 Å². The van der Waals surface area contributed by atoms with Crippen molar-refractivity contribution >= 4 is 11.8 Å². The van der Waals surface area contributed by atoms with Crippen LogP contribution >= 0.6 is 0 Å². The first-order valence-corrected chi connectivity index (χ1v) is 19.6. The molecule has 0 aromatic rings. The number of amides is 2. The van der Waals surface area contributed by atoms with Crippen molar-refractivity contribution in [2.75, 3.05) is 0 Å². The molecule has 0 aliphatic carbocycles. The number of nitrogens with two attached hydrogens (primary N) is 2. The number of carbonyl (C=O) groups is 2. The first-order valence-electron chi connectivity index (χ1n) is 19.6. The van der Waals surface area contributed by atoms with Crippen LogP contribution in [0.1, 0.15) is 232 Å². The quantitative estimate of drug-likeness (QED) is 0.0549. The highest BCUT2D eigenvalue weighted by Crippen LogP contribution is 2.32. The minimum absolute atomic E-state index is 0.512. The van der Waals surface area contributed by atoms with Gasteiger partial charge >= 0.3 is 0 Å². The molecule has 0 rings (SSSR count). The van der Waals surface area contributed by atoms with E-state index >= 15 is 0 Å². The molecule has 256 valence electrons. The first-order chi connectivity index (χ1) is 21.0. The van der Waals surface area contributed by atoms with Gasteiger partial charge in [0, 0.05) is 0 Å². The molecule has 0 fully saturated rings. The Kier molecular flexibility index (Phi) is 31.5. The Morgan fingerprint density at radius 3 is 0.651 bits per heavy atom. The van der Waals surface area contributed by atoms with Gasteiger partial charge in [-0.1, -0.05) is 219 Å². The maximum atomic E-state index is 12.4. The van der Waals surface area contributed by atoms with Gasteiger partial charge in [-0.2, -0.15) is 0 Å². The maximum Gasteiger partial charge on any atom is 0.233 e. The summed E-state index contributed by atoms with van der Waals surface area (Å²) in [6, 6.07) is 0. The van der Waals surface area contributed by atoms with Gasteiger partial charge in [-0.15, -0.1) is 0 Å². The molecule has 0 aromatic carbocycles. The van der Waals surface area contributed by atoms with Crippen LogP contribution in [-0.4, -0.2) is 11.8 Å². The van der Waals surface area contributed by atoms with Crippen LogP contribution in [-0.2, 0) is 9.59 Å². The molecule has 0 spiro atoms. The minimum atomic E-state index is -1.15. The summed E-state index contributed by atoms with van der Waals surface area (Å²) in [7, 11) is 0. The van der Waals surface area contributed by atoms with E-state index in [9.17, 15) is 9.59 Å². The highest BCUT2D eigenvalue weighted by atomic mass is 16.2. The number of hydrogen-bond acceptors (Lipinski definition) is 2. The van der Waals surface area contributed by atoms with E-state index in [-0.39, 0.29) is 0 Å². The number of primary amides is 2. The second kappa shape index (κ2) is 32.3. The molecule has 0 bridgehead atoms. The van der Waals surface area contributed by atoms with E-state index in [4.69, 9.17) is 11.5 Å². The third-order valence-electron chi connectivity index (χ3n) is 9.86. The van der Waals surface area contributed by atoms with E-state index in [2.05, 4.69) is 13.8 Å². The SMILES string of the molecule is CCCCCCCCCCCCCCCCCCC(CCCCCCCCCCCCCCCCCC)(C(N)=O)C(N)=O. The summed E-state index contributed by atoms with van der Waals surface area (Å²) >= 11 is 0. The number of unbranched alkanes of at least 4 members (excludes halogenated alkanes) is 30. The van der Waals surface area contributed by atoms with E-state index in [1.165, 1.54) is 180 Å². The van der Waals surface area contributed by atoms with Crippen LogP contribution in [0.5, 0.6) is 0 Å². The second-order valence-corrected chi connectivity index (χ2v) is 13.9. The molecule has 43 heavy (non-hydrogen) atoms. The van der Waals surface area contributed by atoms with Gasteiger partial charge in [0.2, 0.25) is 11.8 Å². The third kappa shape index (κ3) is 25.9. The lowest BCUT2D eigenvalue weighted by Gasteiger charge is -2.27. The number of rotatable bonds is 36. The average Bonchev–Trinajstić information content (AvgIpc) is 2.99. The van der Waals surface area contributed by atoms with Gasteiger partial charge in [0.1, 0.15) is 5.41 Å². The maximum absolute atomic E-state index is 12.4. The van der Waals surface area contributed by atoms with Crippen molar-refractivity contribution in [1.29, 1.82) is 0 Å². The van der Waals surface area contributed by atoms with Gasteiger partial charge in [0.25, 0.3) is 0 Å². The zero-order valence-electron chi connectivity index (χ0n) is 29.5. The van der Waals surface area contributed by atoms with Crippen LogP contribution in [0.2, 0.25) is 0 Å². The Hall–Kier alpha value is -1.06. The fourth-order valence-corrected chi connectivity index (χ4v) is 6.69. The molecule has 0 aliphatic rings. The summed E-state index contributed by atoms with van der Waals surface area (Å²) < 4.78 is 0. The molecule has 4 heteroatoms. The van der Waals surface area contributed by atoms with Crippen molar-refractivity contribution in [3.8, 4) is 0 Å². The Labute approximate surface area is 270 Å². The van der Waals surface area contributed by atoms with E-state index in [1.54, 1.807) is 0 Å². The van der Waals surface area contributed by atoms with Crippen molar-refractivity contribution < 1.29 is 9.59 Å². The zero-order valence-corrected chi connectivity index (χ0v) is 29.5. The Balaban J connectivity index is 3.77. The van der Waals surface area contributed by atoms with Gasteiger partial charge in [-0.3, -0.25) is 9.59 Å². The van der Waals surface area contributed by atoms with Crippen LogP contribution in [0.4, 0.5) is 0 Å². The van der Waals surface area contributed by atoms with Crippen LogP contribution in [0.25, 0.3) is 0 Å². The fraction of sp³-hybridized carbons (Fsp3) is 0.949. The van der Waals surface area contributed by atoms with Crippen molar-refractivity contribution in [2.24, 2.45) is 16.9 Å². The molecule has 4 N–H and O–H groups in total. The summed E-state index contributed by atoms with van der Waals surface area (Å²) in [5, 5.41) is 0. The predicted octanol–water partition coefficient (Wildman–Crippen LogP) is 12.2. The molecular weight excluding hydrogens is 528 g/mol. The van der Waals surface area contributed by atoms with Crippen LogP contribution in [0.15, 0.2) is 0 Å². The molecule has 0 heterocycles. The van der Waals surface area contributed by atoms with Gasteiger partial charge in [-0.25, -0.2) is 0 Å². The fourth-order valence-electron chi connectivity index (χ4n) is 6.69. The summed E-state index contributed by atoms with van der Waals surface area (Å²) in [6.07, 6.45) is 42.9. The molecule has 0 saturated heterocycles. The third-order valence-corrected chi connectivity index (χ3v) is 9.86. The average molecular weight is 607 g/mol. The van der Waals surface area contributed by atoms with Crippen LogP contribution < -0.4 is 11.5 Å². The molecule has 0 atom stereocenters. The lowest BCUT2D eigenvalue weighted by atomic mass is 9.76. The van der Waals surface area contributed by atoms with Gasteiger partial charge < -0.3 is 11.5 Å². The van der Waals surface area contributed by atoms with Gasteiger partial charge in [-0.05, 0) is 12.8 Å². The molecule has 0 saturated carbocycles. The topological polar surface area (TPSA) is 86.2 Å². The summed E-state index contributed by atoms with van der Waals surface area (Å²) in [6.45, 7) is 4.56. The summed E-state index contributed by atoms with van der Waals surface area (Å²) in [4.78, 5) is 24.7. The van der Waals surface area contributed by atoms with Crippen molar-refractivity contribution in [3.05, 3.63) is 0 Å². The largest absolute Gasteiger partial charge is 0.369 e. The zero-order chi connectivity index (χ0) is 31.7. The standard InChI is InChI=1S/C39H78N2O2/c1-3-5-7-9-11-13-15-17-19-21-23-25-27-29-31-33-35-39(37(40)42,38(41)43)36-34-32-30-28-26-24-22-20-18-16-14-12-10-8-6-4-2/h3-36H2,1-2H3,(H2,40,42)(H2,41,43). The van der Waals surface area contributed by atoms with E-state index in [0.717, 1.165) is 25.7 Å². The monoisotopic (exact) mass is 607 g/mol. The minimum Gasteiger partial charge on any atom is -0.369 e. The lowest BCUT2D eigenvalue weighted by molar-refractivity contribution is -0.141. The Morgan fingerprint density at radius 1 is 0.326 bits per heavy atom. The number of carbonyl (C=O) groups excluding carboxylic acids is 2.